The van der Waals surface area contributed by atoms with Crippen LogP contribution in [0.5, 0.6) is 0 Å². The van der Waals surface area contributed by atoms with Gasteiger partial charge in [-0.05, 0) is 47.9 Å². The van der Waals surface area contributed by atoms with Crippen molar-refractivity contribution in [2.75, 3.05) is 5.73 Å². The summed E-state index contributed by atoms with van der Waals surface area (Å²) in [5.74, 6) is 0.522. The van der Waals surface area contributed by atoms with Gasteiger partial charge >= 0.3 is 6.18 Å². The van der Waals surface area contributed by atoms with E-state index in [0.29, 0.717) is 28.2 Å². The van der Waals surface area contributed by atoms with Gasteiger partial charge in [0.25, 0.3) is 5.89 Å². The van der Waals surface area contributed by atoms with E-state index in [4.69, 9.17) is 10.3 Å². The molecule has 5 rings (SSSR count). The van der Waals surface area contributed by atoms with E-state index < -0.39 is 11.7 Å². The van der Waals surface area contributed by atoms with E-state index in [0.717, 1.165) is 17.7 Å². The first-order valence-corrected chi connectivity index (χ1v) is 9.38. The lowest BCUT2D eigenvalue weighted by Crippen LogP contribution is -2.04. The Morgan fingerprint density at radius 1 is 1.00 bits per heavy atom. The van der Waals surface area contributed by atoms with Gasteiger partial charge in [0.1, 0.15) is 17.0 Å². The molecule has 4 aromatic heterocycles. The average molecular weight is 437 g/mol. The summed E-state index contributed by atoms with van der Waals surface area (Å²) in [5.41, 5.74) is 8.67. The third-order valence-corrected chi connectivity index (χ3v) is 4.88. The molecule has 0 fully saturated rings. The minimum absolute atomic E-state index is 0.0838. The number of nitrogens with zero attached hydrogens (tertiary/aromatic N) is 6. The third-order valence-electron chi connectivity index (χ3n) is 4.88. The van der Waals surface area contributed by atoms with Crippen molar-refractivity contribution < 1.29 is 17.7 Å². The van der Waals surface area contributed by atoms with Gasteiger partial charge < -0.3 is 10.3 Å². The van der Waals surface area contributed by atoms with E-state index in [1.165, 1.54) is 18.3 Å². The van der Waals surface area contributed by atoms with Crippen molar-refractivity contribution in [3.8, 4) is 34.2 Å². The molecule has 0 radical (unpaired) electrons. The van der Waals surface area contributed by atoms with E-state index in [1.807, 2.05) is 13.0 Å². The van der Waals surface area contributed by atoms with Gasteiger partial charge in [-0.3, -0.25) is 4.40 Å². The Hall–Kier alpha value is -4.28. The minimum atomic E-state index is -4.39. The molecule has 0 aliphatic rings. The minimum Gasteiger partial charge on any atom is -0.368 e. The van der Waals surface area contributed by atoms with E-state index >= 15 is 0 Å². The average Bonchev–Trinajstić information content (AvgIpc) is 3.40. The highest BCUT2D eigenvalue weighted by Crippen LogP contribution is 2.32. The molecule has 0 spiro atoms. The van der Waals surface area contributed by atoms with Crippen molar-refractivity contribution >= 4 is 11.6 Å². The summed E-state index contributed by atoms with van der Waals surface area (Å²) in [5, 5.41) is 3.95. The van der Waals surface area contributed by atoms with Gasteiger partial charge in [0, 0.05) is 12.4 Å². The SMILES string of the molecule is Cc1cc(-c2ccc(C(F)(F)F)cc2)cn2c(-c3nc(-c4ccnc(N)n4)no3)cnc12. The normalized spacial score (nSPS) is 11.9. The van der Waals surface area contributed by atoms with Crippen LogP contribution in [0.25, 0.3) is 39.9 Å². The predicted molar refractivity (Wildman–Crippen MR) is 109 cm³/mol. The molecule has 160 valence electrons. The molecule has 0 saturated carbocycles. The number of nitrogen functional groups attached to an aromatic ring is 1. The number of alkyl halides is 3. The molecule has 5 aromatic rings. The Morgan fingerprint density at radius 3 is 2.50 bits per heavy atom. The third kappa shape index (κ3) is 3.43. The zero-order chi connectivity index (χ0) is 22.5. The molecule has 0 unspecified atom stereocenters. The van der Waals surface area contributed by atoms with Crippen molar-refractivity contribution in [2.45, 2.75) is 13.1 Å². The Labute approximate surface area is 178 Å². The second-order valence-corrected chi connectivity index (χ2v) is 7.05. The van der Waals surface area contributed by atoms with Gasteiger partial charge in [0.2, 0.25) is 11.8 Å². The zero-order valence-electron chi connectivity index (χ0n) is 16.5. The highest BCUT2D eigenvalue weighted by Gasteiger charge is 2.30. The second-order valence-electron chi connectivity index (χ2n) is 7.05. The Kier molecular flexibility index (Phi) is 4.40. The molecular formula is C21H14F3N7O. The maximum atomic E-state index is 12.9. The van der Waals surface area contributed by atoms with Crippen LogP contribution >= 0.6 is 0 Å². The van der Waals surface area contributed by atoms with Crippen LogP contribution in [0.2, 0.25) is 0 Å². The Bertz CT molecular complexity index is 1440. The first-order valence-electron chi connectivity index (χ1n) is 9.38. The molecule has 0 amide bonds. The molecule has 0 atom stereocenters. The summed E-state index contributed by atoms with van der Waals surface area (Å²) in [4.78, 5) is 16.7. The largest absolute Gasteiger partial charge is 0.416 e. The van der Waals surface area contributed by atoms with Crippen LogP contribution in [0.4, 0.5) is 19.1 Å². The number of rotatable bonds is 3. The van der Waals surface area contributed by atoms with Gasteiger partial charge in [-0.2, -0.15) is 18.2 Å². The smallest absolute Gasteiger partial charge is 0.368 e. The van der Waals surface area contributed by atoms with Gasteiger partial charge in [-0.25, -0.2) is 15.0 Å². The number of anilines is 1. The van der Waals surface area contributed by atoms with E-state index in [-0.39, 0.29) is 17.7 Å². The van der Waals surface area contributed by atoms with Crippen molar-refractivity contribution in [1.82, 2.24) is 29.5 Å². The lowest BCUT2D eigenvalue weighted by atomic mass is 10.0. The maximum Gasteiger partial charge on any atom is 0.416 e. The van der Waals surface area contributed by atoms with Crippen molar-refractivity contribution in [1.29, 1.82) is 0 Å². The van der Waals surface area contributed by atoms with E-state index in [1.54, 1.807) is 22.9 Å². The quantitative estimate of drug-likeness (QED) is 0.445. The number of aromatic nitrogens is 6. The lowest BCUT2D eigenvalue weighted by molar-refractivity contribution is -0.137. The molecule has 4 heterocycles. The number of fused-ring (bicyclic) bond motifs is 1. The summed E-state index contributed by atoms with van der Waals surface area (Å²) in [6.45, 7) is 1.86. The summed E-state index contributed by atoms with van der Waals surface area (Å²) in [6, 6.07) is 8.45. The second kappa shape index (κ2) is 7.15. The van der Waals surface area contributed by atoms with Crippen LogP contribution in [0.3, 0.4) is 0 Å². The number of benzene rings is 1. The van der Waals surface area contributed by atoms with Gasteiger partial charge in [-0.15, -0.1) is 0 Å². The van der Waals surface area contributed by atoms with E-state index in [9.17, 15) is 13.2 Å². The number of pyridine rings is 1. The molecule has 32 heavy (non-hydrogen) atoms. The van der Waals surface area contributed by atoms with Gasteiger partial charge in [0.15, 0.2) is 0 Å². The fourth-order valence-corrected chi connectivity index (χ4v) is 3.36. The summed E-state index contributed by atoms with van der Waals surface area (Å²) in [7, 11) is 0. The van der Waals surface area contributed by atoms with Crippen LogP contribution < -0.4 is 5.73 Å². The Balaban J connectivity index is 1.57. The molecule has 0 bridgehead atoms. The molecule has 11 heteroatoms. The summed E-state index contributed by atoms with van der Waals surface area (Å²) in [6.07, 6.45) is 0.450. The van der Waals surface area contributed by atoms with Gasteiger partial charge in [-0.1, -0.05) is 17.3 Å². The molecule has 0 saturated heterocycles. The van der Waals surface area contributed by atoms with Crippen LogP contribution in [0.1, 0.15) is 11.1 Å². The molecule has 0 aliphatic heterocycles. The molecule has 0 aliphatic carbocycles. The highest BCUT2D eigenvalue weighted by molar-refractivity contribution is 5.70. The topological polar surface area (TPSA) is 108 Å². The highest BCUT2D eigenvalue weighted by atomic mass is 19.4. The van der Waals surface area contributed by atoms with E-state index in [2.05, 4.69) is 25.1 Å². The van der Waals surface area contributed by atoms with Crippen molar-refractivity contribution in [3.05, 3.63) is 66.1 Å². The Morgan fingerprint density at radius 2 is 1.78 bits per heavy atom. The predicted octanol–water partition coefficient (Wildman–Crippen LogP) is 4.42. The maximum absolute atomic E-state index is 12.9. The van der Waals surface area contributed by atoms with Crippen molar-refractivity contribution in [2.24, 2.45) is 0 Å². The number of imidazole rings is 1. The van der Waals surface area contributed by atoms with Gasteiger partial charge in [0.05, 0.1) is 11.8 Å². The van der Waals surface area contributed by atoms with Crippen LogP contribution in [-0.4, -0.2) is 29.5 Å². The fourth-order valence-electron chi connectivity index (χ4n) is 3.36. The fraction of sp³-hybridized carbons (Fsp3) is 0.0952. The standard InChI is InChI=1S/C21H14F3N7O/c1-11-8-13(12-2-4-14(5-3-12)21(22,23)24)10-31-16(9-27-18(11)31)19-29-17(30-32-19)15-6-7-26-20(25)28-15/h2-10H,1H3,(H2,25,26,28). The summed E-state index contributed by atoms with van der Waals surface area (Å²) < 4.78 is 45.8. The first kappa shape index (κ1) is 19.7. The van der Waals surface area contributed by atoms with Crippen LogP contribution in [0.15, 0.2) is 59.5 Å². The number of halogens is 3. The molecule has 1 aromatic carbocycles. The monoisotopic (exact) mass is 437 g/mol. The molecule has 2 N–H and O–H groups in total. The number of hydrogen-bond acceptors (Lipinski definition) is 7. The van der Waals surface area contributed by atoms with Crippen LogP contribution in [0, 0.1) is 6.92 Å². The number of nitrogens with two attached hydrogens (primary N) is 1. The lowest BCUT2D eigenvalue weighted by Gasteiger charge is -2.09. The number of aryl methyl sites for hydroxylation is 1. The number of hydrogen-bond donors (Lipinski definition) is 1. The summed E-state index contributed by atoms with van der Waals surface area (Å²) >= 11 is 0. The molecule has 8 nitrogen and oxygen atoms in total. The van der Waals surface area contributed by atoms with Crippen LogP contribution in [-0.2, 0) is 6.18 Å². The zero-order valence-corrected chi connectivity index (χ0v) is 16.5. The first-order chi connectivity index (χ1) is 15.3. The molecular weight excluding hydrogens is 423 g/mol. The van der Waals surface area contributed by atoms with Crippen molar-refractivity contribution in [3.63, 3.8) is 0 Å².